The van der Waals surface area contributed by atoms with Crippen LogP contribution in [0.15, 0.2) is 36.5 Å². The molecular formula is C18H30O4. The van der Waals surface area contributed by atoms with Crippen molar-refractivity contribution in [3.8, 4) is 0 Å². The maximum Gasteiger partial charge on any atom is 0.303 e. The molecule has 0 aliphatic carbocycles. The van der Waals surface area contributed by atoms with Gasteiger partial charge in [0.15, 0.2) is 0 Å². The molecule has 4 heteroatoms. The van der Waals surface area contributed by atoms with Gasteiger partial charge < -0.3 is 5.11 Å². The largest absolute Gasteiger partial charge is 0.481 e. The first-order chi connectivity index (χ1) is 10.7. The molecule has 0 aliphatic rings. The highest BCUT2D eigenvalue weighted by molar-refractivity contribution is 5.66. The Labute approximate surface area is 134 Å². The predicted molar refractivity (Wildman–Crippen MR) is 89.8 cm³/mol. The summed E-state index contributed by atoms with van der Waals surface area (Å²) in [6.45, 7) is 1.95. The average Bonchev–Trinajstić information content (AvgIpc) is 2.51. The van der Waals surface area contributed by atoms with Crippen LogP contribution in [0.2, 0.25) is 0 Å². The summed E-state index contributed by atoms with van der Waals surface area (Å²) in [6, 6.07) is 0. The van der Waals surface area contributed by atoms with E-state index in [0.717, 1.165) is 38.5 Å². The second kappa shape index (κ2) is 16.0. The number of carbonyl (C=O) groups is 1. The number of carboxylic acids is 1. The van der Waals surface area contributed by atoms with Gasteiger partial charge in [0.25, 0.3) is 0 Å². The second-order valence-corrected chi connectivity index (χ2v) is 5.27. The molecule has 1 unspecified atom stereocenters. The molecule has 0 heterocycles. The molecule has 4 nitrogen and oxygen atoms in total. The van der Waals surface area contributed by atoms with Crippen LogP contribution in [0, 0.1) is 0 Å². The Balaban J connectivity index is 3.42. The molecule has 0 amide bonds. The summed E-state index contributed by atoms with van der Waals surface area (Å²) in [6.07, 6.45) is 20.1. The molecule has 0 fully saturated rings. The summed E-state index contributed by atoms with van der Waals surface area (Å²) in [4.78, 5) is 14.6. The van der Waals surface area contributed by atoms with E-state index in [1.54, 1.807) is 0 Å². The average molecular weight is 310 g/mol. The van der Waals surface area contributed by atoms with Crippen molar-refractivity contribution in [3.05, 3.63) is 36.5 Å². The molecule has 0 saturated heterocycles. The number of unbranched alkanes of at least 4 members (excludes halogenated alkanes) is 5. The fourth-order valence-electron chi connectivity index (χ4n) is 1.95. The van der Waals surface area contributed by atoms with Crippen LogP contribution in [0.1, 0.15) is 64.7 Å². The van der Waals surface area contributed by atoms with E-state index in [9.17, 15) is 4.79 Å². The molecule has 0 aliphatic heterocycles. The standard InChI is InChI=1S/C18H30O4/c1-2-17(22-21)15-13-11-9-7-5-3-4-6-8-10-12-14-16-18(19)20/h3,5,9,11,13,15,17,21H,2,4,6-8,10,12,14,16H2,1H3,(H,19,20)/b5-3+,11-9+,15-13+. The van der Waals surface area contributed by atoms with Crippen molar-refractivity contribution in [2.45, 2.75) is 70.8 Å². The minimum absolute atomic E-state index is 0.226. The zero-order chi connectivity index (χ0) is 16.5. The minimum atomic E-state index is -0.695. The molecule has 0 bridgehead atoms. The molecule has 0 radical (unpaired) electrons. The molecule has 0 aromatic rings. The molecule has 22 heavy (non-hydrogen) atoms. The molecule has 0 saturated carbocycles. The number of rotatable bonds is 14. The first kappa shape index (κ1) is 20.6. The molecule has 0 aromatic heterocycles. The van der Waals surface area contributed by atoms with Crippen LogP contribution in [0.3, 0.4) is 0 Å². The van der Waals surface area contributed by atoms with E-state index in [1.165, 1.54) is 12.8 Å². The Morgan fingerprint density at radius 1 is 1.05 bits per heavy atom. The van der Waals surface area contributed by atoms with Crippen molar-refractivity contribution < 1.29 is 20.0 Å². The Kier molecular flexibility index (Phi) is 15.0. The third-order valence-corrected chi connectivity index (χ3v) is 3.31. The summed E-state index contributed by atoms with van der Waals surface area (Å²) in [5.41, 5.74) is 0. The van der Waals surface area contributed by atoms with Crippen molar-refractivity contribution in [3.63, 3.8) is 0 Å². The quantitative estimate of drug-likeness (QED) is 0.153. The highest BCUT2D eigenvalue weighted by atomic mass is 17.1. The number of carboxylic acid groups (broad SMARTS) is 1. The van der Waals surface area contributed by atoms with Gasteiger partial charge in [0, 0.05) is 6.42 Å². The van der Waals surface area contributed by atoms with E-state index in [-0.39, 0.29) is 6.10 Å². The van der Waals surface area contributed by atoms with Crippen molar-refractivity contribution in [1.82, 2.24) is 0 Å². The SMILES string of the molecule is CCC(/C=C/C=C/C/C=C/CCCCCCCC(=O)O)OO. The number of hydrogen-bond donors (Lipinski definition) is 2. The zero-order valence-electron chi connectivity index (χ0n) is 13.6. The van der Waals surface area contributed by atoms with Gasteiger partial charge in [-0.1, -0.05) is 62.6 Å². The van der Waals surface area contributed by atoms with Crippen molar-refractivity contribution in [2.75, 3.05) is 0 Å². The Bertz CT molecular complexity index is 341. The van der Waals surface area contributed by atoms with Crippen LogP contribution in [-0.2, 0) is 9.68 Å². The van der Waals surface area contributed by atoms with Crippen LogP contribution in [0.25, 0.3) is 0 Å². The van der Waals surface area contributed by atoms with Gasteiger partial charge >= 0.3 is 5.97 Å². The van der Waals surface area contributed by atoms with E-state index >= 15 is 0 Å². The van der Waals surface area contributed by atoms with Gasteiger partial charge in [0.05, 0.1) is 0 Å². The van der Waals surface area contributed by atoms with Gasteiger partial charge in [0.2, 0.25) is 0 Å². The second-order valence-electron chi connectivity index (χ2n) is 5.27. The van der Waals surface area contributed by atoms with Gasteiger partial charge in [-0.3, -0.25) is 10.1 Å². The number of hydrogen-bond acceptors (Lipinski definition) is 3. The molecule has 0 spiro atoms. The topological polar surface area (TPSA) is 66.8 Å². The van der Waals surface area contributed by atoms with Gasteiger partial charge in [-0.05, 0) is 32.1 Å². The normalized spacial score (nSPS) is 13.5. The third kappa shape index (κ3) is 15.0. The van der Waals surface area contributed by atoms with Gasteiger partial charge in [0.1, 0.15) is 6.10 Å². The van der Waals surface area contributed by atoms with E-state index in [1.807, 2.05) is 25.2 Å². The summed E-state index contributed by atoms with van der Waals surface area (Å²) in [5.74, 6) is -0.695. The smallest absolute Gasteiger partial charge is 0.303 e. The molecule has 0 aromatic carbocycles. The predicted octanol–water partition coefficient (Wildman–Crippen LogP) is 5.13. The summed E-state index contributed by atoms with van der Waals surface area (Å²) < 4.78 is 0. The fourth-order valence-corrected chi connectivity index (χ4v) is 1.95. The molecule has 126 valence electrons. The van der Waals surface area contributed by atoms with Crippen molar-refractivity contribution in [2.24, 2.45) is 0 Å². The summed E-state index contributed by atoms with van der Waals surface area (Å²) >= 11 is 0. The van der Waals surface area contributed by atoms with E-state index in [0.29, 0.717) is 6.42 Å². The Morgan fingerprint density at radius 2 is 1.77 bits per heavy atom. The van der Waals surface area contributed by atoms with Gasteiger partial charge in [-0.25, -0.2) is 4.89 Å². The van der Waals surface area contributed by atoms with E-state index in [2.05, 4.69) is 23.1 Å². The van der Waals surface area contributed by atoms with E-state index < -0.39 is 5.97 Å². The molecule has 0 rings (SSSR count). The maximum atomic E-state index is 10.3. The summed E-state index contributed by atoms with van der Waals surface area (Å²) in [7, 11) is 0. The minimum Gasteiger partial charge on any atom is -0.481 e. The van der Waals surface area contributed by atoms with Crippen LogP contribution in [0.4, 0.5) is 0 Å². The lowest BCUT2D eigenvalue weighted by atomic mass is 10.1. The van der Waals surface area contributed by atoms with Crippen LogP contribution in [0.5, 0.6) is 0 Å². The number of aliphatic carboxylic acids is 1. The van der Waals surface area contributed by atoms with Gasteiger partial charge in [-0.15, -0.1) is 0 Å². The third-order valence-electron chi connectivity index (χ3n) is 3.31. The molecular weight excluding hydrogens is 280 g/mol. The monoisotopic (exact) mass is 310 g/mol. The highest BCUT2D eigenvalue weighted by Gasteiger charge is 1.97. The molecule has 2 N–H and O–H groups in total. The molecule has 1 atom stereocenters. The first-order valence-corrected chi connectivity index (χ1v) is 8.21. The Hall–Kier alpha value is -1.39. The maximum absolute atomic E-state index is 10.3. The fraction of sp³-hybridized carbons (Fsp3) is 0.611. The lowest BCUT2D eigenvalue weighted by molar-refractivity contribution is -0.266. The number of allylic oxidation sites excluding steroid dienone is 5. The first-order valence-electron chi connectivity index (χ1n) is 8.21. The lowest BCUT2D eigenvalue weighted by Gasteiger charge is -2.02. The van der Waals surface area contributed by atoms with Gasteiger partial charge in [-0.2, -0.15) is 0 Å². The highest BCUT2D eigenvalue weighted by Crippen LogP contribution is 2.07. The Morgan fingerprint density at radius 3 is 2.45 bits per heavy atom. The summed E-state index contributed by atoms with van der Waals surface area (Å²) in [5, 5.41) is 17.0. The lowest BCUT2D eigenvalue weighted by Crippen LogP contribution is -2.03. The van der Waals surface area contributed by atoms with Crippen LogP contribution < -0.4 is 0 Å². The van der Waals surface area contributed by atoms with Crippen LogP contribution >= 0.6 is 0 Å². The van der Waals surface area contributed by atoms with Crippen molar-refractivity contribution in [1.29, 1.82) is 0 Å². The van der Waals surface area contributed by atoms with Crippen LogP contribution in [-0.4, -0.2) is 22.4 Å². The van der Waals surface area contributed by atoms with E-state index in [4.69, 9.17) is 10.4 Å². The zero-order valence-corrected chi connectivity index (χ0v) is 13.6. The van der Waals surface area contributed by atoms with Crippen molar-refractivity contribution >= 4 is 5.97 Å².